The van der Waals surface area contributed by atoms with Crippen molar-refractivity contribution in [3.63, 3.8) is 0 Å². The van der Waals surface area contributed by atoms with E-state index in [0.717, 1.165) is 16.7 Å². The second kappa shape index (κ2) is 10.3. The van der Waals surface area contributed by atoms with Gasteiger partial charge in [-0.15, -0.1) is 0 Å². The molecular formula is C27H30O6Si. The first-order valence-corrected chi connectivity index (χ1v) is 12.7. The maximum Gasteiger partial charge on any atom is 0.826 e. The molecule has 0 spiro atoms. The Balaban J connectivity index is 2.38. The first kappa shape index (κ1) is 25.4. The normalized spacial score (nSPS) is 12.1. The molecule has 178 valence electrons. The standard InChI is InChI=1S/C27H30O6Si/c1-21(28)30-34(31-22(2)29,32-26(3,4)5)33-27(23-15-9-6-10-16-23,24-17-11-7-12-18-24)25-19-13-8-14-20-25/h6-20H,1-5H3. The van der Waals surface area contributed by atoms with E-state index < -0.39 is 32.2 Å². The van der Waals surface area contributed by atoms with E-state index in [1.165, 1.54) is 13.8 Å². The predicted octanol–water partition coefficient (Wildman–Crippen LogP) is 5.37. The van der Waals surface area contributed by atoms with Crippen molar-refractivity contribution in [3.8, 4) is 0 Å². The van der Waals surface area contributed by atoms with Crippen molar-refractivity contribution in [1.82, 2.24) is 0 Å². The molecule has 0 amide bonds. The van der Waals surface area contributed by atoms with Crippen molar-refractivity contribution in [2.75, 3.05) is 0 Å². The lowest BCUT2D eigenvalue weighted by Gasteiger charge is -2.41. The highest BCUT2D eigenvalue weighted by atomic mass is 28.4. The molecule has 0 unspecified atom stereocenters. The van der Waals surface area contributed by atoms with Crippen molar-refractivity contribution >= 4 is 21.0 Å². The Labute approximate surface area is 201 Å². The van der Waals surface area contributed by atoms with Crippen molar-refractivity contribution in [1.29, 1.82) is 0 Å². The van der Waals surface area contributed by atoms with Crippen LogP contribution in [0.15, 0.2) is 91.0 Å². The van der Waals surface area contributed by atoms with Gasteiger partial charge in [-0.2, -0.15) is 0 Å². The highest BCUT2D eigenvalue weighted by Crippen LogP contribution is 2.43. The zero-order valence-electron chi connectivity index (χ0n) is 20.1. The minimum atomic E-state index is -4.44. The summed E-state index contributed by atoms with van der Waals surface area (Å²) in [5.41, 5.74) is 0.0854. The first-order valence-electron chi connectivity index (χ1n) is 11.0. The summed E-state index contributed by atoms with van der Waals surface area (Å²) >= 11 is 0. The van der Waals surface area contributed by atoms with Gasteiger partial charge in [0.25, 0.3) is 11.9 Å². The summed E-state index contributed by atoms with van der Waals surface area (Å²) < 4.78 is 24.3. The lowest BCUT2D eigenvalue weighted by Crippen LogP contribution is -2.59. The molecule has 0 N–H and O–H groups in total. The molecule has 3 aromatic carbocycles. The van der Waals surface area contributed by atoms with E-state index in [0.29, 0.717) is 0 Å². The van der Waals surface area contributed by atoms with E-state index in [1.54, 1.807) is 20.8 Å². The fourth-order valence-corrected chi connectivity index (χ4v) is 6.17. The van der Waals surface area contributed by atoms with Gasteiger partial charge >= 0.3 is 9.05 Å². The Morgan fingerprint density at radius 3 is 1.18 bits per heavy atom. The van der Waals surface area contributed by atoms with Gasteiger partial charge in [-0.05, 0) is 37.5 Å². The molecule has 0 atom stereocenters. The second-order valence-electron chi connectivity index (χ2n) is 8.78. The van der Waals surface area contributed by atoms with Crippen LogP contribution in [0.2, 0.25) is 0 Å². The van der Waals surface area contributed by atoms with Crippen LogP contribution in [0.25, 0.3) is 0 Å². The van der Waals surface area contributed by atoms with Crippen LogP contribution in [-0.4, -0.2) is 26.6 Å². The highest BCUT2D eigenvalue weighted by Gasteiger charge is 2.62. The molecule has 0 bridgehead atoms. The number of carbonyl (C=O) groups is 2. The molecule has 0 aliphatic rings. The molecule has 3 aromatic rings. The molecule has 0 radical (unpaired) electrons. The fraction of sp³-hybridized carbons (Fsp3) is 0.259. The summed E-state index contributed by atoms with van der Waals surface area (Å²) in [6, 6.07) is 28.6. The zero-order valence-corrected chi connectivity index (χ0v) is 21.1. The van der Waals surface area contributed by atoms with Gasteiger partial charge in [0.15, 0.2) is 0 Å². The van der Waals surface area contributed by atoms with E-state index in [1.807, 2.05) is 91.0 Å². The molecule has 0 fully saturated rings. The molecule has 34 heavy (non-hydrogen) atoms. The number of hydrogen-bond donors (Lipinski definition) is 0. The third kappa shape index (κ3) is 5.99. The molecule has 0 aromatic heterocycles. The highest BCUT2D eigenvalue weighted by molar-refractivity contribution is 6.57. The van der Waals surface area contributed by atoms with Crippen LogP contribution in [0.4, 0.5) is 0 Å². The molecule has 0 aliphatic heterocycles. The van der Waals surface area contributed by atoms with Gasteiger partial charge in [0.1, 0.15) is 5.60 Å². The fourth-order valence-electron chi connectivity index (χ4n) is 3.73. The Morgan fingerprint density at radius 1 is 0.588 bits per heavy atom. The number of hydrogen-bond acceptors (Lipinski definition) is 6. The zero-order chi connectivity index (χ0) is 24.8. The van der Waals surface area contributed by atoms with E-state index in [9.17, 15) is 9.59 Å². The topological polar surface area (TPSA) is 71.1 Å². The van der Waals surface area contributed by atoms with E-state index >= 15 is 0 Å². The van der Waals surface area contributed by atoms with Crippen LogP contribution in [0, 0.1) is 0 Å². The number of carbonyl (C=O) groups excluding carboxylic acids is 2. The van der Waals surface area contributed by atoms with Crippen LogP contribution >= 0.6 is 0 Å². The Bertz CT molecular complexity index is 982. The maximum absolute atomic E-state index is 12.3. The molecule has 0 aliphatic carbocycles. The van der Waals surface area contributed by atoms with Crippen molar-refractivity contribution in [2.24, 2.45) is 0 Å². The van der Waals surface area contributed by atoms with Crippen molar-refractivity contribution in [3.05, 3.63) is 108 Å². The van der Waals surface area contributed by atoms with E-state index in [2.05, 4.69) is 0 Å². The third-order valence-electron chi connectivity index (χ3n) is 4.79. The average molecular weight is 479 g/mol. The van der Waals surface area contributed by atoms with E-state index in [-0.39, 0.29) is 0 Å². The van der Waals surface area contributed by atoms with Gasteiger partial charge in [0.05, 0.1) is 5.60 Å². The van der Waals surface area contributed by atoms with Crippen LogP contribution in [0.3, 0.4) is 0 Å². The van der Waals surface area contributed by atoms with Gasteiger partial charge < -0.3 is 17.7 Å². The van der Waals surface area contributed by atoms with Crippen LogP contribution in [0.5, 0.6) is 0 Å². The van der Waals surface area contributed by atoms with Gasteiger partial charge in [-0.3, -0.25) is 9.59 Å². The predicted molar refractivity (Wildman–Crippen MR) is 130 cm³/mol. The Morgan fingerprint density at radius 2 is 0.912 bits per heavy atom. The van der Waals surface area contributed by atoms with E-state index in [4.69, 9.17) is 17.7 Å². The second-order valence-corrected chi connectivity index (χ2v) is 10.6. The molecule has 7 heteroatoms. The van der Waals surface area contributed by atoms with Crippen molar-refractivity contribution < 1.29 is 27.3 Å². The minimum Gasteiger partial charge on any atom is -0.442 e. The summed E-state index contributed by atoms with van der Waals surface area (Å²) in [4.78, 5) is 24.6. The summed E-state index contributed by atoms with van der Waals surface area (Å²) in [5.74, 6) is -1.36. The molecule has 0 heterocycles. The molecule has 0 saturated heterocycles. The van der Waals surface area contributed by atoms with Gasteiger partial charge in [0.2, 0.25) is 0 Å². The summed E-state index contributed by atoms with van der Waals surface area (Å²) in [6.07, 6.45) is 0. The van der Waals surface area contributed by atoms with Gasteiger partial charge in [-0.1, -0.05) is 91.0 Å². The molecular weight excluding hydrogens is 448 g/mol. The minimum absolute atomic E-state index is 0.680. The molecule has 3 rings (SSSR count). The first-order chi connectivity index (χ1) is 16.1. The molecule has 0 saturated carbocycles. The lowest BCUT2D eigenvalue weighted by molar-refractivity contribution is -0.159. The monoisotopic (exact) mass is 478 g/mol. The van der Waals surface area contributed by atoms with Gasteiger partial charge in [0, 0.05) is 13.8 Å². The third-order valence-corrected chi connectivity index (χ3v) is 7.28. The van der Waals surface area contributed by atoms with Crippen LogP contribution in [0.1, 0.15) is 51.3 Å². The lowest BCUT2D eigenvalue weighted by atomic mass is 9.80. The quantitative estimate of drug-likeness (QED) is 0.320. The summed E-state index contributed by atoms with van der Waals surface area (Å²) in [7, 11) is -4.44. The Kier molecular flexibility index (Phi) is 7.71. The maximum atomic E-state index is 12.3. The summed E-state index contributed by atoms with van der Waals surface area (Å²) in [6.45, 7) is 7.80. The largest absolute Gasteiger partial charge is 0.826 e. The van der Waals surface area contributed by atoms with Crippen LogP contribution < -0.4 is 0 Å². The van der Waals surface area contributed by atoms with Crippen LogP contribution in [-0.2, 0) is 32.9 Å². The Hall–Kier alpha value is -3.26. The van der Waals surface area contributed by atoms with Crippen molar-refractivity contribution in [2.45, 2.75) is 45.8 Å². The summed E-state index contributed by atoms with van der Waals surface area (Å²) in [5, 5.41) is 0. The molecule has 6 nitrogen and oxygen atoms in total. The number of benzene rings is 3. The number of rotatable bonds is 8. The average Bonchev–Trinajstić information content (AvgIpc) is 2.77. The van der Waals surface area contributed by atoms with Gasteiger partial charge in [-0.25, -0.2) is 0 Å². The smallest absolute Gasteiger partial charge is 0.442 e. The SMILES string of the molecule is CC(=O)O[Si](OC(C)=O)(OC(C)(C)C)OC(c1ccccc1)(c1ccccc1)c1ccccc1.